The Kier molecular flexibility index (Phi) is 11.3. The number of hydrogen-bond donors (Lipinski definition) is 2. The fourth-order valence-electron chi connectivity index (χ4n) is 2.42. The van der Waals surface area contributed by atoms with E-state index < -0.39 is 0 Å². The van der Waals surface area contributed by atoms with E-state index in [-0.39, 0.29) is 0 Å². The number of nitrogens with zero attached hydrogens (tertiary/aromatic N) is 1. The molecule has 148 valence electrons. The van der Waals surface area contributed by atoms with Gasteiger partial charge >= 0.3 is 0 Å². The molecule has 26 heavy (non-hydrogen) atoms. The van der Waals surface area contributed by atoms with Crippen molar-refractivity contribution in [2.24, 2.45) is 10.9 Å². The molecule has 0 aliphatic heterocycles. The first-order valence-electron chi connectivity index (χ1n) is 9.33. The largest absolute Gasteiger partial charge is 0.493 e. The smallest absolute Gasteiger partial charge is 0.191 e. The minimum absolute atomic E-state index is 0.683. The summed E-state index contributed by atoms with van der Waals surface area (Å²) in [6, 6.07) is 6.05. The van der Waals surface area contributed by atoms with Crippen LogP contribution in [0.25, 0.3) is 0 Å². The van der Waals surface area contributed by atoms with Gasteiger partial charge < -0.3 is 24.8 Å². The van der Waals surface area contributed by atoms with Gasteiger partial charge in [-0.1, -0.05) is 19.9 Å². The third-order valence-corrected chi connectivity index (χ3v) is 3.98. The average molecular weight is 366 g/mol. The molecule has 0 spiro atoms. The number of hydrogen-bond acceptors (Lipinski definition) is 4. The second-order valence-electron chi connectivity index (χ2n) is 6.51. The van der Waals surface area contributed by atoms with E-state index in [9.17, 15) is 0 Å². The van der Waals surface area contributed by atoms with Crippen molar-refractivity contribution in [3.63, 3.8) is 0 Å². The van der Waals surface area contributed by atoms with E-state index in [1.807, 2.05) is 12.1 Å². The molecule has 0 heterocycles. The quantitative estimate of drug-likeness (QED) is 0.339. The van der Waals surface area contributed by atoms with Gasteiger partial charge in [0.05, 0.1) is 20.8 Å². The molecule has 6 nitrogen and oxygen atoms in total. The van der Waals surface area contributed by atoms with Crippen molar-refractivity contribution < 1.29 is 14.2 Å². The molecule has 0 aliphatic rings. The SMILES string of the molecule is CN=C(NCCCc1ccc(OC)c(OC)c1)NCCOCCC(C)C. The van der Waals surface area contributed by atoms with Gasteiger partial charge in [-0.05, 0) is 42.9 Å². The van der Waals surface area contributed by atoms with E-state index in [0.29, 0.717) is 12.5 Å². The van der Waals surface area contributed by atoms with Crippen molar-refractivity contribution in [1.82, 2.24) is 10.6 Å². The summed E-state index contributed by atoms with van der Waals surface area (Å²) in [6.45, 7) is 7.52. The van der Waals surface area contributed by atoms with Crippen LogP contribution in [0.15, 0.2) is 23.2 Å². The van der Waals surface area contributed by atoms with Gasteiger partial charge in [-0.15, -0.1) is 0 Å². The zero-order chi connectivity index (χ0) is 19.2. The van der Waals surface area contributed by atoms with Gasteiger partial charge in [0.25, 0.3) is 0 Å². The second kappa shape index (κ2) is 13.3. The van der Waals surface area contributed by atoms with Gasteiger partial charge in [-0.2, -0.15) is 0 Å². The highest BCUT2D eigenvalue weighted by Gasteiger charge is 2.04. The molecular formula is C20H35N3O3. The zero-order valence-corrected chi connectivity index (χ0v) is 16.9. The lowest BCUT2D eigenvalue weighted by Crippen LogP contribution is -2.39. The van der Waals surface area contributed by atoms with Crippen LogP contribution in [0, 0.1) is 5.92 Å². The number of benzene rings is 1. The van der Waals surface area contributed by atoms with E-state index in [2.05, 4.69) is 35.5 Å². The molecular weight excluding hydrogens is 330 g/mol. The Morgan fingerprint density at radius 3 is 2.42 bits per heavy atom. The molecule has 0 aromatic heterocycles. The van der Waals surface area contributed by atoms with Gasteiger partial charge in [-0.3, -0.25) is 4.99 Å². The van der Waals surface area contributed by atoms with Crippen LogP contribution in [0.2, 0.25) is 0 Å². The summed E-state index contributed by atoms with van der Waals surface area (Å²) >= 11 is 0. The van der Waals surface area contributed by atoms with E-state index in [1.165, 1.54) is 5.56 Å². The van der Waals surface area contributed by atoms with Crippen molar-refractivity contribution in [2.45, 2.75) is 33.1 Å². The Morgan fingerprint density at radius 2 is 1.77 bits per heavy atom. The summed E-state index contributed by atoms with van der Waals surface area (Å²) in [7, 11) is 5.09. The second-order valence-corrected chi connectivity index (χ2v) is 6.51. The predicted octanol–water partition coefficient (Wildman–Crippen LogP) is 2.86. The molecule has 0 saturated carbocycles. The van der Waals surface area contributed by atoms with Gasteiger partial charge in [0.15, 0.2) is 17.5 Å². The Hall–Kier alpha value is -1.95. The highest BCUT2D eigenvalue weighted by Crippen LogP contribution is 2.27. The standard InChI is InChI=1S/C20H35N3O3/c1-16(2)10-13-26-14-12-23-20(21-3)22-11-6-7-17-8-9-18(24-4)19(15-17)25-5/h8-9,15-16H,6-7,10-14H2,1-5H3,(H2,21,22,23). The van der Waals surface area contributed by atoms with Crippen LogP contribution in [-0.4, -0.2) is 53.5 Å². The van der Waals surface area contributed by atoms with Gasteiger partial charge in [0.2, 0.25) is 0 Å². The Balaban J connectivity index is 2.20. The fourth-order valence-corrected chi connectivity index (χ4v) is 2.42. The van der Waals surface area contributed by atoms with Crippen molar-refractivity contribution in [3.8, 4) is 11.5 Å². The molecule has 0 saturated heterocycles. The van der Waals surface area contributed by atoms with Crippen molar-refractivity contribution >= 4 is 5.96 Å². The normalized spacial score (nSPS) is 11.5. The minimum atomic E-state index is 0.683. The van der Waals surface area contributed by atoms with E-state index in [0.717, 1.165) is 56.4 Å². The van der Waals surface area contributed by atoms with Crippen LogP contribution in [0.3, 0.4) is 0 Å². The lowest BCUT2D eigenvalue weighted by atomic mass is 10.1. The molecule has 6 heteroatoms. The highest BCUT2D eigenvalue weighted by molar-refractivity contribution is 5.79. The first kappa shape index (κ1) is 22.1. The molecule has 1 aromatic rings. The molecule has 0 radical (unpaired) electrons. The van der Waals surface area contributed by atoms with Crippen LogP contribution in [0.4, 0.5) is 0 Å². The number of nitrogens with one attached hydrogen (secondary N) is 2. The lowest BCUT2D eigenvalue weighted by Gasteiger charge is -2.13. The van der Waals surface area contributed by atoms with Crippen molar-refractivity contribution in [3.05, 3.63) is 23.8 Å². The number of aryl methyl sites for hydroxylation is 1. The number of rotatable bonds is 12. The molecule has 1 rings (SSSR count). The van der Waals surface area contributed by atoms with Gasteiger partial charge in [0.1, 0.15) is 0 Å². The number of ether oxygens (including phenoxy) is 3. The fraction of sp³-hybridized carbons (Fsp3) is 0.650. The molecule has 2 N–H and O–H groups in total. The third kappa shape index (κ3) is 8.94. The molecule has 0 unspecified atom stereocenters. The Labute approximate surface area is 158 Å². The summed E-state index contributed by atoms with van der Waals surface area (Å²) in [5.41, 5.74) is 1.23. The maximum atomic E-state index is 5.60. The first-order valence-corrected chi connectivity index (χ1v) is 9.33. The summed E-state index contributed by atoms with van der Waals surface area (Å²) in [5, 5.41) is 6.59. The number of methoxy groups -OCH3 is 2. The predicted molar refractivity (Wildman–Crippen MR) is 108 cm³/mol. The van der Waals surface area contributed by atoms with Crippen LogP contribution in [0.5, 0.6) is 11.5 Å². The van der Waals surface area contributed by atoms with Crippen LogP contribution in [-0.2, 0) is 11.2 Å². The summed E-state index contributed by atoms with van der Waals surface area (Å²) in [5.74, 6) is 3.02. The van der Waals surface area contributed by atoms with Crippen LogP contribution < -0.4 is 20.1 Å². The summed E-state index contributed by atoms with van der Waals surface area (Å²) in [4.78, 5) is 4.23. The monoisotopic (exact) mass is 365 g/mol. The number of guanidine groups is 1. The lowest BCUT2D eigenvalue weighted by molar-refractivity contribution is 0.128. The minimum Gasteiger partial charge on any atom is -0.493 e. The Bertz CT molecular complexity index is 533. The topological polar surface area (TPSA) is 64.1 Å². The third-order valence-electron chi connectivity index (χ3n) is 3.98. The van der Waals surface area contributed by atoms with Crippen LogP contribution >= 0.6 is 0 Å². The Morgan fingerprint density at radius 1 is 1.04 bits per heavy atom. The van der Waals surface area contributed by atoms with Crippen LogP contribution in [0.1, 0.15) is 32.3 Å². The van der Waals surface area contributed by atoms with E-state index in [4.69, 9.17) is 14.2 Å². The molecule has 0 amide bonds. The summed E-state index contributed by atoms with van der Waals surface area (Å²) in [6.07, 6.45) is 3.06. The maximum absolute atomic E-state index is 5.60. The van der Waals surface area contributed by atoms with E-state index >= 15 is 0 Å². The average Bonchev–Trinajstić information content (AvgIpc) is 2.65. The summed E-state index contributed by atoms with van der Waals surface area (Å²) < 4.78 is 16.2. The molecule has 0 atom stereocenters. The molecule has 0 bridgehead atoms. The van der Waals surface area contributed by atoms with Crippen molar-refractivity contribution in [1.29, 1.82) is 0 Å². The first-order chi connectivity index (χ1) is 12.6. The molecule has 1 aromatic carbocycles. The number of aliphatic imine (C=N–C) groups is 1. The molecule has 0 fully saturated rings. The highest BCUT2D eigenvalue weighted by atomic mass is 16.5. The van der Waals surface area contributed by atoms with Crippen molar-refractivity contribution in [2.75, 3.05) is 47.6 Å². The molecule has 0 aliphatic carbocycles. The van der Waals surface area contributed by atoms with E-state index in [1.54, 1.807) is 21.3 Å². The maximum Gasteiger partial charge on any atom is 0.191 e. The van der Waals surface area contributed by atoms with Gasteiger partial charge in [0, 0.05) is 26.7 Å². The zero-order valence-electron chi connectivity index (χ0n) is 16.9. The van der Waals surface area contributed by atoms with Gasteiger partial charge in [-0.25, -0.2) is 0 Å².